The number of rotatable bonds is 5. The molecule has 0 spiro atoms. The smallest absolute Gasteiger partial charge is 0.145 e. The van der Waals surface area contributed by atoms with Crippen molar-refractivity contribution >= 4 is 11.4 Å². The quantitative estimate of drug-likeness (QED) is 0.851. The van der Waals surface area contributed by atoms with Gasteiger partial charge in [-0.3, -0.25) is 0 Å². The van der Waals surface area contributed by atoms with E-state index in [0.29, 0.717) is 17.8 Å². The van der Waals surface area contributed by atoms with Gasteiger partial charge in [-0.15, -0.1) is 0 Å². The molecule has 108 valence electrons. The van der Waals surface area contributed by atoms with E-state index in [1.54, 1.807) is 12.1 Å². The Hall–Kier alpha value is -2.54. The second-order valence-electron chi connectivity index (χ2n) is 4.87. The molecule has 2 aromatic rings. The molecule has 0 aliphatic carbocycles. The second-order valence-corrected chi connectivity index (χ2v) is 4.87. The third-order valence-electron chi connectivity index (χ3n) is 3.33. The van der Waals surface area contributed by atoms with Crippen LogP contribution >= 0.6 is 0 Å². The van der Waals surface area contributed by atoms with Crippen LogP contribution in [0.3, 0.4) is 0 Å². The van der Waals surface area contributed by atoms with Gasteiger partial charge in [0.1, 0.15) is 11.9 Å². The summed E-state index contributed by atoms with van der Waals surface area (Å²) >= 11 is 0. The lowest BCUT2D eigenvalue weighted by Gasteiger charge is -2.26. The van der Waals surface area contributed by atoms with Gasteiger partial charge in [0.15, 0.2) is 0 Å². The molecule has 3 nitrogen and oxygen atoms in total. The highest BCUT2D eigenvalue weighted by molar-refractivity contribution is 5.67. The second kappa shape index (κ2) is 6.76. The Bertz CT molecular complexity index is 661. The summed E-state index contributed by atoms with van der Waals surface area (Å²) < 4.78 is 14.2. The summed E-state index contributed by atoms with van der Waals surface area (Å²) in [5.74, 6) is -0.449. The number of anilines is 2. The first-order chi connectivity index (χ1) is 10.2. The van der Waals surface area contributed by atoms with Crippen molar-refractivity contribution in [2.24, 2.45) is 0 Å². The molecule has 0 fully saturated rings. The van der Waals surface area contributed by atoms with E-state index in [9.17, 15) is 4.39 Å². The first-order valence-electron chi connectivity index (χ1n) is 6.94. The van der Waals surface area contributed by atoms with Crippen LogP contribution in [-0.2, 0) is 6.54 Å². The maximum Gasteiger partial charge on any atom is 0.145 e. The maximum absolute atomic E-state index is 14.2. The van der Waals surface area contributed by atoms with Gasteiger partial charge in [-0.2, -0.15) is 5.26 Å². The monoisotopic (exact) mass is 283 g/mol. The first-order valence-corrected chi connectivity index (χ1v) is 6.94. The van der Waals surface area contributed by atoms with Crippen molar-refractivity contribution in [1.29, 1.82) is 5.26 Å². The van der Waals surface area contributed by atoms with Crippen LogP contribution in [0.5, 0.6) is 0 Å². The minimum absolute atomic E-state index is 0.0741. The number of hydrogen-bond donors (Lipinski definition) is 1. The molecule has 0 aliphatic heterocycles. The van der Waals surface area contributed by atoms with Gasteiger partial charge in [-0.05, 0) is 24.6 Å². The Morgan fingerprint density at radius 2 is 1.95 bits per heavy atom. The molecule has 2 aromatic carbocycles. The van der Waals surface area contributed by atoms with Gasteiger partial charge in [0.05, 0.1) is 16.9 Å². The third kappa shape index (κ3) is 3.32. The number of para-hydroxylation sites is 2. The van der Waals surface area contributed by atoms with Gasteiger partial charge >= 0.3 is 0 Å². The van der Waals surface area contributed by atoms with Crippen molar-refractivity contribution in [2.45, 2.75) is 19.9 Å². The standard InChI is InChI=1S/C17H18FN3/c1-2-10-21(16-9-4-3-8-15(16)20)12-14-7-5-6-13(11-19)17(14)18/h3-9H,2,10,12,20H2,1H3. The number of nitriles is 1. The Labute approximate surface area is 124 Å². The fraction of sp³-hybridized carbons (Fsp3) is 0.235. The van der Waals surface area contributed by atoms with Crippen LogP contribution in [0.15, 0.2) is 42.5 Å². The normalized spacial score (nSPS) is 10.1. The average molecular weight is 283 g/mol. The summed E-state index contributed by atoms with van der Waals surface area (Å²) in [5, 5.41) is 8.92. The summed E-state index contributed by atoms with van der Waals surface area (Å²) in [6, 6.07) is 14.3. The largest absolute Gasteiger partial charge is 0.397 e. The summed E-state index contributed by atoms with van der Waals surface area (Å²) in [4.78, 5) is 2.04. The van der Waals surface area contributed by atoms with Gasteiger partial charge < -0.3 is 10.6 Å². The lowest BCUT2D eigenvalue weighted by Crippen LogP contribution is -2.25. The van der Waals surface area contributed by atoms with E-state index in [1.165, 1.54) is 6.07 Å². The van der Waals surface area contributed by atoms with Crippen LogP contribution in [0.1, 0.15) is 24.5 Å². The zero-order valence-electron chi connectivity index (χ0n) is 12.0. The van der Waals surface area contributed by atoms with Crippen LogP contribution in [0.2, 0.25) is 0 Å². The van der Waals surface area contributed by atoms with Gasteiger partial charge in [0.25, 0.3) is 0 Å². The minimum Gasteiger partial charge on any atom is -0.397 e. The number of halogens is 1. The Kier molecular flexibility index (Phi) is 4.78. The third-order valence-corrected chi connectivity index (χ3v) is 3.33. The Morgan fingerprint density at radius 3 is 2.62 bits per heavy atom. The minimum atomic E-state index is -0.449. The van der Waals surface area contributed by atoms with Crippen molar-refractivity contribution in [3.63, 3.8) is 0 Å². The van der Waals surface area contributed by atoms with Crippen LogP contribution in [0, 0.1) is 17.1 Å². The van der Waals surface area contributed by atoms with E-state index in [-0.39, 0.29) is 5.56 Å². The molecule has 0 heterocycles. The molecular formula is C17H18FN3. The molecule has 0 aliphatic rings. The highest BCUT2D eigenvalue weighted by atomic mass is 19.1. The summed E-state index contributed by atoms with van der Waals surface area (Å²) in [5.41, 5.74) is 8.15. The molecule has 21 heavy (non-hydrogen) atoms. The Balaban J connectivity index is 2.34. The van der Waals surface area contributed by atoms with E-state index in [0.717, 1.165) is 18.7 Å². The van der Waals surface area contributed by atoms with E-state index in [4.69, 9.17) is 11.0 Å². The molecule has 2 rings (SSSR count). The molecule has 0 unspecified atom stereocenters. The van der Waals surface area contributed by atoms with Crippen molar-refractivity contribution in [1.82, 2.24) is 0 Å². The van der Waals surface area contributed by atoms with Gasteiger partial charge in [-0.1, -0.05) is 31.2 Å². The van der Waals surface area contributed by atoms with Crippen LogP contribution in [0.25, 0.3) is 0 Å². The molecule has 0 bridgehead atoms. The molecule has 0 atom stereocenters. The van der Waals surface area contributed by atoms with Gasteiger partial charge in [0.2, 0.25) is 0 Å². The van der Waals surface area contributed by atoms with E-state index >= 15 is 0 Å². The van der Waals surface area contributed by atoms with E-state index in [1.807, 2.05) is 35.2 Å². The molecule has 0 saturated carbocycles. The maximum atomic E-state index is 14.2. The van der Waals surface area contributed by atoms with E-state index < -0.39 is 5.82 Å². The summed E-state index contributed by atoms with van der Waals surface area (Å²) in [6.45, 7) is 3.22. The number of benzene rings is 2. The van der Waals surface area contributed by atoms with Crippen molar-refractivity contribution in [2.75, 3.05) is 17.2 Å². The fourth-order valence-corrected chi connectivity index (χ4v) is 2.32. The summed E-state index contributed by atoms with van der Waals surface area (Å²) in [6.07, 6.45) is 0.924. The van der Waals surface area contributed by atoms with E-state index in [2.05, 4.69) is 6.92 Å². The number of nitrogen functional groups attached to an aromatic ring is 1. The molecule has 0 amide bonds. The SMILES string of the molecule is CCCN(Cc1cccc(C#N)c1F)c1ccccc1N. The zero-order chi connectivity index (χ0) is 15.2. The van der Waals surface area contributed by atoms with Crippen LogP contribution in [-0.4, -0.2) is 6.54 Å². The fourth-order valence-electron chi connectivity index (χ4n) is 2.32. The number of hydrogen-bond acceptors (Lipinski definition) is 3. The van der Waals surface area contributed by atoms with Crippen molar-refractivity contribution < 1.29 is 4.39 Å². The number of nitrogens with zero attached hydrogens (tertiary/aromatic N) is 2. The first kappa shape index (κ1) is 14.9. The predicted molar refractivity (Wildman–Crippen MR) is 83.3 cm³/mol. The molecule has 4 heteroatoms. The molecular weight excluding hydrogens is 265 g/mol. The predicted octanol–water partition coefficient (Wildman–Crippen LogP) is 3.70. The van der Waals surface area contributed by atoms with Crippen molar-refractivity contribution in [3.05, 3.63) is 59.4 Å². The van der Waals surface area contributed by atoms with Crippen molar-refractivity contribution in [3.8, 4) is 6.07 Å². The Morgan fingerprint density at radius 1 is 1.19 bits per heavy atom. The lowest BCUT2D eigenvalue weighted by atomic mass is 10.1. The van der Waals surface area contributed by atoms with Gasteiger partial charge in [-0.25, -0.2) is 4.39 Å². The molecule has 0 radical (unpaired) electrons. The average Bonchev–Trinajstić information content (AvgIpc) is 2.49. The molecule has 2 N–H and O–H groups in total. The van der Waals surface area contributed by atoms with Crippen LogP contribution in [0.4, 0.5) is 15.8 Å². The molecule has 0 aromatic heterocycles. The zero-order valence-corrected chi connectivity index (χ0v) is 12.0. The highest BCUT2D eigenvalue weighted by Crippen LogP contribution is 2.25. The summed E-state index contributed by atoms with van der Waals surface area (Å²) in [7, 11) is 0. The lowest BCUT2D eigenvalue weighted by molar-refractivity contribution is 0.599. The topological polar surface area (TPSA) is 53.0 Å². The van der Waals surface area contributed by atoms with Crippen LogP contribution < -0.4 is 10.6 Å². The highest BCUT2D eigenvalue weighted by Gasteiger charge is 2.14. The molecule has 0 saturated heterocycles. The number of nitrogens with two attached hydrogens (primary N) is 1. The van der Waals surface area contributed by atoms with Gasteiger partial charge in [0, 0.05) is 18.7 Å².